The second kappa shape index (κ2) is 7.53. The van der Waals surface area contributed by atoms with Crippen LogP contribution in [0.5, 0.6) is 0 Å². The summed E-state index contributed by atoms with van der Waals surface area (Å²) in [7, 11) is 4.25. The quantitative estimate of drug-likeness (QED) is 0.576. The number of nitrogens with zero attached hydrogens (tertiary/aromatic N) is 5. The first kappa shape index (κ1) is 20.6. The number of hydrogen-bond acceptors (Lipinski definition) is 5. The normalized spacial score (nSPS) is 14.3. The van der Waals surface area contributed by atoms with Gasteiger partial charge in [-0.05, 0) is 24.3 Å². The third-order valence-electron chi connectivity index (χ3n) is 5.81. The van der Waals surface area contributed by atoms with Gasteiger partial charge in [-0.2, -0.15) is 0 Å². The standard InChI is InChI=1S/C21H22FN5O4/c1-23-16(28)12-15(17-18(23)24(2)21(31)25(3)20(17)30)19(29)27-10-8-26(9-11-27)14-6-4-13(22)5-7-14/h4-7,12H,8-11H2,1-3H3. The summed E-state index contributed by atoms with van der Waals surface area (Å²) in [6.45, 7) is 1.80. The fourth-order valence-electron chi connectivity index (χ4n) is 4.02. The highest BCUT2D eigenvalue weighted by Crippen LogP contribution is 2.19. The van der Waals surface area contributed by atoms with Gasteiger partial charge in [0.15, 0.2) is 0 Å². The van der Waals surface area contributed by atoms with Crippen molar-refractivity contribution in [2.24, 2.45) is 21.1 Å². The van der Waals surface area contributed by atoms with Crippen molar-refractivity contribution in [2.45, 2.75) is 0 Å². The molecular formula is C21H22FN5O4. The molecule has 162 valence electrons. The number of carbonyl (C=O) groups excluding carboxylic acids is 1. The molecule has 0 saturated carbocycles. The second-order valence-corrected chi connectivity index (χ2v) is 7.62. The third kappa shape index (κ3) is 3.33. The number of amides is 1. The Labute approximate surface area is 176 Å². The number of aryl methyl sites for hydroxylation is 2. The number of piperazine rings is 1. The summed E-state index contributed by atoms with van der Waals surface area (Å²) in [5.41, 5.74) is -0.731. The van der Waals surface area contributed by atoms with E-state index in [1.165, 1.54) is 42.4 Å². The molecule has 1 saturated heterocycles. The molecule has 31 heavy (non-hydrogen) atoms. The van der Waals surface area contributed by atoms with E-state index in [1.807, 2.05) is 4.90 Å². The number of halogens is 1. The zero-order chi connectivity index (χ0) is 22.4. The van der Waals surface area contributed by atoms with Gasteiger partial charge < -0.3 is 9.80 Å². The minimum absolute atomic E-state index is 0.00969. The summed E-state index contributed by atoms with van der Waals surface area (Å²) in [6.07, 6.45) is 0. The lowest BCUT2D eigenvalue weighted by atomic mass is 10.1. The lowest BCUT2D eigenvalue weighted by molar-refractivity contribution is 0.0748. The van der Waals surface area contributed by atoms with Crippen LogP contribution in [-0.2, 0) is 21.1 Å². The monoisotopic (exact) mass is 427 g/mol. The summed E-state index contributed by atoms with van der Waals surface area (Å²) in [4.78, 5) is 54.6. The molecule has 0 aliphatic carbocycles. The molecule has 0 bridgehead atoms. The number of rotatable bonds is 2. The molecule has 3 heterocycles. The maximum Gasteiger partial charge on any atom is 0.332 e. The van der Waals surface area contributed by atoms with Crippen LogP contribution < -0.4 is 21.7 Å². The van der Waals surface area contributed by atoms with Gasteiger partial charge in [-0.1, -0.05) is 0 Å². The lowest BCUT2D eigenvalue weighted by Gasteiger charge is -2.36. The van der Waals surface area contributed by atoms with Gasteiger partial charge in [0, 0.05) is 59.1 Å². The first-order chi connectivity index (χ1) is 14.7. The molecule has 9 nitrogen and oxygen atoms in total. The topological polar surface area (TPSA) is 89.6 Å². The van der Waals surface area contributed by atoms with Crippen molar-refractivity contribution in [3.05, 3.63) is 72.9 Å². The molecule has 10 heteroatoms. The maximum absolute atomic E-state index is 13.3. The number of hydrogen-bond donors (Lipinski definition) is 0. The van der Waals surface area contributed by atoms with Gasteiger partial charge >= 0.3 is 5.69 Å². The van der Waals surface area contributed by atoms with Crippen LogP contribution in [0.3, 0.4) is 0 Å². The van der Waals surface area contributed by atoms with Crippen LogP contribution in [0.2, 0.25) is 0 Å². The number of aromatic nitrogens is 3. The van der Waals surface area contributed by atoms with E-state index in [4.69, 9.17) is 0 Å². The predicted octanol–water partition coefficient (Wildman–Crippen LogP) is 0.0374. The van der Waals surface area contributed by atoms with Crippen molar-refractivity contribution in [3.63, 3.8) is 0 Å². The van der Waals surface area contributed by atoms with E-state index in [2.05, 4.69) is 0 Å². The summed E-state index contributed by atoms with van der Waals surface area (Å²) in [5.74, 6) is -0.747. The van der Waals surface area contributed by atoms with Crippen molar-refractivity contribution in [1.82, 2.24) is 18.6 Å². The van der Waals surface area contributed by atoms with Gasteiger partial charge in [-0.3, -0.25) is 28.1 Å². The third-order valence-corrected chi connectivity index (χ3v) is 5.81. The van der Waals surface area contributed by atoms with Crippen molar-refractivity contribution in [2.75, 3.05) is 31.1 Å². The number of benzene rings is 1. The number of fused-ring (bicyclic) bond motifs is 1. The van der Waals surface area contributed by atoms with E-state index < -0.39 is 22.7 Å². The van der Waals surface area contributed by atoms with Gasteiger partial charge in [0.1, 0.15) is 11.5 Å². The number of anilines is 1. The Kier molecular flexibility index (Phi) is 5.00. The molecule has 1 aliphatic rings. The molecule has 0 radical (unpaired) electrons. The van der Waals surface area contributed by atoms with Crippen LogP contribution in [0.15, 0.2) is 44.7 Å². The van der Waals surface area contributed by atoms with Crippen molar-refractivity contribution < 1.29 is 9.18 Å². The molecule has 0 atom stereocenters. The van der Waals surface area contributed by atoms with Crippen LogP contribution in [0.4, 0.5) is 10.1 Å². The zero-order valence-electron chi connectivity index (χ0n) is 17.5. The van der Waals surface area contributed by atoms with Crippen LogP contribution in [-0.4, -0.2) is 50.7 Å². The average molecular weight is 427 g/mol. The van der Waals surface area contributed by atoms with Crippen LogP contribution in [0.1, 0.15) is 10.4 Å². The van der Waals surface area contributed by atoms with E-state index in [0.717, 1.165) is 16.3 Å². The van der Waals surface area contributed by atoms with Gasteiger partial charge in [0.05, 0.1) is 10.9 Å². The summed E-state index contributed by atoms with van der Waals surface area (Å²) >= 11 is 0. The highest BCUT2D eigenvalue weighted by Gasteiger charge is 2.27. The zero-order valence-corrected chi connectivity index (χ0v) is 17.5. The Morgan fingerprint density at radius 1 is 0.871 bits per heavy atom. The molecular weight excluding hydrogens is 405 g/mol. The summed E-state index contributed by atoms with van der Waals surface area (Å²) in [5, 5.41) is 0.0395. The maximum atomic E-state index is 13.3. The van der Waals surface area contributed by atoms with Gasteiger partial charge in [0.2, 0.25) is 0 Å². The second-order valence-electron chi connectivity index (χ2n) is 7.62. The Morgan fingerprint density at radius 2 is 1.48 bits per heavy atom. The Hall–Kier alpha value is -3.69. The minimum atomic E-state index is -0.623. The predicted molar refractivity (Wildman–Crippen MR) is 114 cm³/mol. The van der Waals surface area contributed by atoms with Crippen molar-refractivity contribution in [3.8, 4) is 0 Å². The Bertz CT molecular complexity index is 1360. The largest absolute Gasteiger partial charge is 0.368 e. The SMILES string of the molecule is Cn1c(=O)c2c(C(=O)N3CCN(c4ccc(F)cc4)CC3)cc(=O)n(C)c2n(C)c1=O. The highest BCUT2D eigenvalue weighted by atomic mass is 19.1. The summed E-state index contributed by atoms with van der Waals surface area (Å²) in [6, 6.07) is 7.30. The van der Waals surface area contributed by atoms with Gasteiger partial charge in [-0.15, -0.1) is 0 Å². The molecule has 4 rings (SSSR count). The van der Waals surface area contributed by atoms with Crippen LogP contribution >= 0.6 is 0 Å². The molecule has 3 aromatic rings. The highest BCUT2D eigenvalue weighted by molar-refractivity contribution is 6.05. The van der Waals surface area contributed by atoms with Crippen LogP contribution in [0.25, 0.3) is 11.0 Å². The molecule has 2 aromatic heterocycles. The lowest BCUT2D eigenvalue weighted by Crippen LogP contribution is -2.49. The number of carbonyl (C=O) groups is 1. The van der Waals surface area contributed by atoms with E-state index in [0.29, 0.717) is 26.2 Å². The van der Waals surface area contributed by atoms with Crippen molar-refractivity contribution >= 4 is 22.6 Å². The van der Waals surface area contributed by atoms with E-state index in [9.17, 15) is 23.6 Å². The first-order valence-electron chi connectivity index (χ1n) is 9.80. The van der Waals surface area contributed by atoms with Gasteiger partial charge in [-0.25, -0.2) is 9.18 Å². The first-order valence-corrected chi connectivity index (χ1v) is 9.80. The van der Waals surface area contributed by atoms with Crippen molar-refractivity contribution in [1.29, 1.82) is 0 Å². The van der Waals surface area contributed by atoms with Gasteiger partial charge in [0.25, 0.3) is 17.0 Å². The minimum Gasteiger partial charge on any atom is -0.368 e. The molecule has 0 spiro atoms. The molecule has 1 fully saturated rings. The Morgan fingerprint density at radius 3 is 2.10 bits per heavy atom. The summed E-state index contributed by atoms with van der Waals surface area (Å²) < 4.78 is 16.5. The smallest absolute Gasteiger partial charge is 0.332 e. The molecule has 1 aliphatic heterocycles. The fraction of sp³-hybridized carbons (Fsp3) is 0.333. The number of pyridine rings is 1. The van der Waals surface area contributed by atoms with E-state index in [-0.39, 0.29) is 22.4 Å². The molecule has 1 amide bonds. The molecule has 1 aromatic carbocycles. The Balaban J connectivity index is 1.71. The van der Waals surface area contributed by atoms with E-state index >= 15 is 0 Å². The van der Waals surface area contributed by atoms with E-state index in [1.54, 1.807) is 17.0 Å². The average Bonchev–Trinajstić information content (AvgIpc) is 2.78. The fourth-order valence-corrected chi connectivity index (χ4v) is 4.02. The molecule has 0 unspecified atom stereocenters. The van der Waals surface area contributed by atoms with Crippen LogP contribution in [0, 0.1) is 5.82 Å². The molecule has 0 N–H and O–H groups in total.